The van der Waals surface area contributed by atoms with Crippen molar-refractivity contribution in [2.24, 2.45) is 4.99 Å². The molecule has 0 amide bonds. The van der Waals surface area contributed by atoms with Crippen molar-refractivity contribution in [3.8, 4) is 11.5 Å². The van der Waals surface area contributed by atoms with Crippen LogP contribution in [0.15, 0.2) is 51.9 Å². The molecule has 0 spiro atoms. The SMILES string of the molecule is COc1cccc(C=Nc2ccc(Br)cc2)c1O[C@@H](C)C(=O)O. The highest BCUT2D eigenvalue weighted by Gasteiger charge is 2.17. The number of methoxy groups -OCH3 is 1. The van der Waals surface area contributed by atoms with Crippen LogP contribution in [-0.4, -0.2) is 30.5 Å². The van der Waals surface area contributed by atoms with E-state index in [1.807, 2.05) is 24.3 Å². The summed E-state index contributed by atoms with van der Waals surface area (Å²) in [6.07, 6.45) is 0.626. The van der Waals surface area contributed by atoms with Crippen molar-refractivity contribution >= 4 is 33.8 Å². The molecule has 0 saturated heterocycles. The molecular weight excluding hydrogens is 362 g/mol. The Labute approximate surface area is 142 Å². The van der Waals surface area contributed by atoms with Crippen LogP contribution in [0.25, 0.3) is 0 Å². The zero-order valence-corrected chi connectivity index (χ0v) is 14.3. The maximum atomic E-state index is 11.0. The molecule has 0 bridgehead atoms. The number of hydrogen-bond acceptors (Lipinski definition) is 4. The van der Waals surface area contributed by atoms with Crippen LogP contribution in [0, 0.1) is 0 Å². The van der Waals surface area contributed by atoms with Gasteiger partial charge in [-0.15, -0.1) is 0 Å². The molecule has 0 heterocycles. The van der Waals surface area contributed by atoms with Crippen molar-refractivity contribution in [2.75, 3.05) is 7.11 Å². The van der Waals surface area contributed by atoms with Gasteiger partial charge in [0.25, 0.3) is 0 Å². The average Bonchev–Trinajstić information content (AvgIpc) is 2.55. The molecular formula is C17H16BrNO4. The summed E-state index contributed by atoms with van der Waals surface area (Å²) in [7, 11) is 1.50. The van der Waals surface area contributed by atoms with Crippen molar-refractivity contribution in [3.05, 3.63) is 52.5 Å². The van der Waals surface area contributed by atoms with Crippen molar-refractivity contribution in [3.63, 3.8) is 0 Å². The van der Waals surface area contributed by atoms with E-state index in [9.17, 15) is 4.79 Å². The molecule has 0 radical (unpaired) electrons. The molecule has 0 aliphatic carbocycles. The second-order valence-corrected chi connectivity index (χ2v) is 5.63. The van der Waals surface area contributed by atoms with E-state index in [4.69, 9.17) is 14.6 Å². The molecule has 2 aromatic rings. The molecule has 1 atom stereocenters. The molecule has 2 rings (SSSR count). The van der Waals surface area contributed by atoms with Crippen LogP contribution >= 0.6 is 15.9 Å². The summed E-state index contributed by atoms with van der Waals surface area (Å²) in [5.74, 6) is -0.240. The second-order valence-electron chi connectivity index (χ2n) is 4.71. The minimum atomic E-state index is -1.05. The monoisotopic (exact) mass is 377 g/mol. The van der Waals surface area contributed by atoms with E-state index in [0.717, 1.165) is 10.2 Å². The predicted octanol–water partition coefficient (Wildman–Crippen LogP) is 4.06. The van der Waals surface area contributed by atoms with E-state index < -0.39 is 12.1 Å². The minimum Gasteiger partial charge on any atom is -0.493 e. The minimum absolute atomic E-state index is 0.353. The fourth-order valence-corrected chi connectivity index (χ4v) is 2.08. The highest BCUT2D eigenvalue weighted by molar-refractivity contribution is 9.10. The van der Waals surface area contributed by atoms with E-state index in [2.05, 4.69) is 20.9 Å². The van der Waals surface area contributed by atoms with Gasteiger partial charge in [0.1, 0.15) is 0 Å². The fourth-order valence-electron chi connectivity index (χ4n) is 1.82. The molecule has 5 nitrogen and oxygen atoms in total. The number of rotatable bonds is 6. The van der Waals surface area contributed by atoms with Gasteiger partial charge < -0.3 is 14.6 Å². The van der Waals surface area contributed by atoms with E-state index in [1.165, 1.54) is 14.0 Å². The molecule has 23 heavy (non-hydrogen) atoms. The lowest BCUT2D eigenvalue weighted by molar-refractivity contribution is -0.144. The first-order chi connectivity index (χ1) is 11.0. The van der Waals surface area contributed by atoms with Crippen molar-refractivity contribution in [1.29, 1.82) is 0 Å². The Balaban J connectivity index is 2.33. The number of ether oxygens (including phenoxy) is 2. The van der Waals surface area contributed by atoms with E-state index in [-0.39, 0.29) is 0 Å². The maximum absolute atomic E-state index is 11.0. The van der Waals surface area contributed by atoms with Crippen molar-refractivity contribution in [2.45, 2.75) is 13.0 Å². The third-order valence-electron chi connectivity index (χ3n) is 3.05. The van der Waals surface area contributed by atoms with Gasteiger partial charge in [0.15, 0.2) is 17.6 Å². The van der Waals surface area contributed by atoms with Gasteiger partial charge in [-0.2, -0.15) is 0 Å². The molecule has 0 aliphatic rings. The van der Waals surface area contributed by atoms with Gasteiger partial charge in [-0.05, 0) is 43.3 Å². The number of nitrogens with zero attached hydrogens (tertiary/aromatic N) is 1. The van der Waals surface area contributed by atoms with Gasteiger partial charge >= 0.3 is 5.97 Å². The number of carboxylic acid groups (broad SMARTS) is 1. The number of halogens is 1. The van der Waals surface area contributed by atoms with Gasteiger partial charge in [-0.1, -0.05) is 22.0 Å². The summed E-state index contributed by atoms with van der Waals surface area (Å²) in [6.45, 7) is 1.46. The van der Waals surface area contributed by atoms with Crippen LogP contribution in [-0.2, 0) is 4.79 Å². The Kier molecular flexibility index (Phi) is 5.76. The number of benzene rings is 2. The maximum Gasteiger partial charge on any atom is 0.344 e. The summed E-state index contributed by atoms with van der Waals surface area (Å²) in [6, 6.07) is 12.8. The van der Waals surface area contributed by atoms with Gasteiger partial charge in [-0.3, -0.25) is 4.99 Å². The largest absolute Gasteiger partial charge is 0.493 e. The Morgan fingerprint density at radius 3 is 2.57 bits per heavy atom. The highest BCUT2D eigenvalue weighted by atomic mass is 79.9. The quantitative estimate of drug-likeness (QED) is 0.770. The lowest BCUT2D eigenvalue weighted by Crippen LogP contribution is -2.23. The second kappa shape index (κ2) is 7.78. The number of aliphatic carboxylic acids is 1. The first-order valence-electron chi connectivity index (χ1n) is 6.87. The first kappa shape index (κ1) is 17.0. The summed E-state index contributed by atoms with van der Waals surface area (Å²) in [5.41, 5.74) is 1.41. The fraction of sp³-hybridized carbons (Fsp3) is 0.176. The molecule has 0 unspecified atom stereocenters. The Hall–Kier alpha value is -2.34. The zero-order valence-electron chi connectivity index (χ0n) is 12.7. The number of carboxylic acids is 1. The smallest absolute Gasteiger partial charge is 0.344 e. The van der Waals surface area contributed by atoms with Crippen LogP contribution < -0.4 is 9.47 Å². The Bertz CT molecular complexity index is 713. The number of aliphatic imine (C=N–C) groups is 1. The first-order valence-corrected chi connectivity index (χ1v) is 7.66. The van der Waals surface area contributed by atoms with Crippen LogP contribution in [0.5, 0.6) is 11.5 Å². The zero-order chi connectivity index (χ0) is 16.8. The molecule has 6 heteroatoms. The predicted molar refractivity (Wildman–Crippen MR) is 92.1 cm³/mol. The molecule has 0 saturated carbocycles. The lowest BCUT2D eigenvalue weighted by atomic mass is 10.2. The average molecular weight is 378 g/mol. The molecule has 120 valence electrons. The molecule has 0 aliphatic heterocycles. The molecule has 0 aromatic heterocycles. The summed E-state index contributed by atoms with van der Waals surface area (Å²) in [4.78, 5) is 15.4. The van der Waals surface area contributed by atoms with Gasteiger partial charge in [0, 0.05) is 16.3 Å². The van der Waals surface area contributed by atoms with Crippen molar-refractivity contribution < 1.29 is 19.4 Å². The van der Waals surface area contributed by atoms with Crippen LogP contribution in [0.4, 0.5) is 5.69 Å². The van der Waals surface area contributed by atoms with Crippen LogP contribution in [0.2, 0.25) is 0 Å². The third kappa shape index (κ3) is 4.56. The molecule has 0 fully saturated rings. The van der Waals surface area contributed by atoms with E-state index >= 15 is 0 Å². The Morgan fingerprint density at radius 2 is 1.96 bits per heavy atom. The normalized spacial score (nSPS) is 12.1. The standard InChI is InChI=1S/C17H16BrNO4/c1-11(17(20)21)23-16-12(4-3-5-15(16)22-2)10-19-14-8-6-13(18)7-9-14/h3-11H,1-2H3,(H,20,21)/t11-/m0/s1. The van der Waals surface area contributed by atoms with E-state index in [1.54, 1.807) is 24.4 Å². The number of hydrogen-bond donors (Lipinski definition) is 1. The Morgan fingerprint density at radius 1 is 1.26 bits per heavy atom. The highest BCUT2D eigenvalue weighted by Crippen LogP contribution is 2.31. The van der Waals surface area contributed by atoms with E-state index in [0.29, 0.717) is 17.1 Å². The lowest BCUT2D eigenvalue weighted by Gasteiger charge is -2.15. The number of para-hydroxylation sites is 1. The number of carbonyl (C=O) groups is 1. The molecule has 2 aromatic carbocycles. The van der Waals surface area contributed by atoms with Crippen LogP contribution in [0.3, 0.4) is 0 Å². The summed E-state index contributed by atoms with van der Waals surface area (Å²) < 4.78 is 11.7. The third-order valence-corrected chi connectivity index (χ3v) is 3.58. The van der Waals surface area contributed by atoms with Gasteiger partial charge in [0.05, 0.1) is 12.8 Å². The summed E-state index contributed by atoms with van der Waals surface area (Å²) >= 11 is 3.37. The van der Waals surface area contributed by atoms with Crippen LogP contribution in [0.1, 0.15) is 12.5 Å². The van der Waals surface area contributed by atoms with Gasteiger partial charge in [0.2, 0.25) is 0 Å². The molecule has 1 N–H and O–H groups in total. The van der Waals surface area contributed by atoms with Gasteiger partial charge in [-0.25, -0.2) is 4.79 Å². The topological polar surface area (TPSA) is 68.1 Å². The van der Waals surface area contributed by atoms with Crippen molar-refractivity contribution in [1.82, 2.24) is 0 Å². The summed E-state index contributed by atoms with van der Waals surface area (Å²) in [5, 5.41) is 9.03.